The fraction of sp³-hybridized carbons (Fsp3) is 0.357. The number of hydrogen-bond donors (Lipinski definition) is 0. The topological polar surface area (TPSA) is 26.0 Å². The summed E-state index contributed by atoms with van der Waals surface area (Å²) in [6.07, 6.45) is 3.74. The van der Waals surface area contributed by atoms with E-state index in [-0.39, 0.29) is 0 Å². The number of benzene rings is 1. The van der Waals surface area contributed by atoms with Crippen LogP contribution in [-0.4, -0.2) is 10.9 Å². The minimum atomic E-state index is 0.508. The Hall–Kier alpha value is -1.28. The third-order valence-electron chi connectivity index (χ3n) is 3.26. The number of hydrogen-bond acceptors (Lipinski definition) is 2. The van der Waals surface area contributed by atoms with Crippen LogP contribution in [0.2, 0.25) is 0 Å². The molecule has 0 radical (unpaired) electrons. The second-order valence-electron chi connectivity index (χ2n) is 4.45. The first-order valence-corrected chi connectivity index (χ1v) is 6.47. The van der Waals surface area contributed by atoms with Crippen molar-refractivity contribution in [3.8, 4) is 0 Å². The molecule has 1 aliphatic carbocycles. The van der Waals surface area contributed by atoms with Crippen LogP contribution < -0.4 is 0 Å². The Morgan fingerprint density at radius 1 is 1.24 bits per heavy atom. The first-order chi connectivity index (χ1) is 8.38. The number of oxazole rings is 1. The fourth-order valence-corrected chi connectivity index (χ4v) is 2.43. The molecule has 1 saturated carbocycles. The molecule has 17 heavy (non-hydrogen) atoms. The smallest absolute Gasteiger partial charge is 0.195 e. The lowest BCUT2D eigenvalue weighted by Gasteiger charge is -1.97. The van der Waals surface area contributed by atoms with E-state index in [1.807, 2.05) is 12.3 Å². The van der Waals surface area contributed by atoms with Gasteiger partial charge in [0.1, 0.15) is 5.76 Å². The van der Waals surface area contributed by atoms with Gasteiger partial charge in [0, 0.05) is 18.2 Å². The highest BCUT2D eigenvalue weighted by Crippen LogP contribution is 2.54. The highest BCUT2D eigenvalue weighted by Gasteiger charge is 2.41. The molecule has 88 valence electrons. The Morgan fingerprint density at radius 2 is 2.06 bits per heavy atom. The van der Waals surface area contributed by atoms with Gasteiger partial charge in [0.2, 0.25) is 0 Å². The molecule has 0 bridgehead atoms. The molecule has 2 unspecified atom stereocenters. The zero-order chi connectivity index (χ0) is 11.7. The molecule has 1 aromatic heterocycles. The summed E-state index contributed by atoms with van der Waals surface area (Å²) in [6, 6.07) is 10.6. The zero-order valence-electron chi connectivity index (χ0n) is 9.47. The lowest BCUT2D eigenvalue weighted by atomic mass is 10.1. The van der Waals surface area contributed by atoms with Gasteiger partial charge < -0.3 is 4.42 Å². The van der Waals surface area contributed by atoms with Crippen molar-refractivity contribution in [3.63, 3.8) is 0 Å². The van der Waals surface area contributed by atoms with Crippen LogP contribution in [0.3, 0.4) is 0 Å². The predicted octanol–water partition coefficient (Wildman–Crippen LogP) is 3.73. The number of aromatic nitrogens is 1. The minimum absolute atomic E-state index is 0.508. The first-order valence-electron chi connectivity index (χ1n) is 5.94. The molecular formula is C14H14ClNO. The van der Waals surface area contributed by atoms with Crippen LogP contribution in [0.5, 0.6) is 0 Å². The van der Waals surface area contributed by atoms with Gasteiger partial charge in [0.25, 0.3) is 0 Å². The fourth-order valence-electron chi connectivity index (χ4n) is 2.27. The van der Waals surface area contributed by atoms with E-state index in [0.29, 0.717) is 24.1 Å². The van der Waals surface area contributed by atoms with Gasteiger partial charge in [-0.25, -0.2) is 4.98 Å². The van der Waals surface area contributed by atoms with Crippen molar-refractivity contribution in [1.29, 1.82) is 0 Å². The normalized spacial score (nSPS) is 22.6. The largest absolute Gasteiger partial charge is 0.445 e. The number of alkyl halides is 1. The van der Waals surface area contributed by atoms with Gasteiger partial charge in [0.05, 0.1) is 6.20 Å². The van der Waals surface area contributed by atoms with Gasteiger partial charge in [0.15, 0.2) is 5.89 Å². The lowest BCUT2D eigenvalue weighted by molar-refractivity contribution is 0.460. The molecule has 0 amide bonds. The Labute approximate surface area is 106 Å². The van der Waals surface area contributed by atoms with Gasteiger partial charge in [-0.15, -0.1) is 11.6 Å². The molecule has 3 heteroatoms. The summed E-state index contributed by atoms with van der Waals surface area (Å²) in [5.41, 5.74) is 1.40. The maximum absolute atomic E-state index is 5.70. The molecule has 1 fully saturated rings. The first kappa shape index (κ1) is 10.8. The van der Waals surface area contributed by atoms with Gasteiger partial charge >= 0.3 is 0 Å². The third kappa shape index (κ3) is 2.22. The molecule has 2 atom stereocenters. The standard InChI is InChI=1S/C14H14ClNO/c15-7-6-14-16-9-13(17-14)12-8-11(12)10-4-2-1-3-5-10/h1-5,9,11-12H,6-8H2. The van der Waals surface area contributed by atoms with Crippen molar-refractivity contribution >= 4 is 11.6 Å². The quantitative estimate of drug-likeness (QED) is 0.770. The lowest BCUT2D eigenvalue weighted by Crippen LogP contribution is -1.84. The molecule has 1 aromatic carbocycles. The van der Waals surface area contributed by atoms with Crippen LogP contribution in [0.25, 0.3) is 0 Å². The number of aryl methyl sites for hydroxylation is 1. The molecule has 0 saturated heterocycles. The third-order valence-corrected chi connectivity index (χ3v) is 3.45. The van der Waals surface area contributed by atoms with Crippen LogP contribution in [0.15, 0.2) is 40.9 Å². The maximum Gasteiger partial charge on any atom is 0.195 e. The average molecular weight is 248 g/mol. The summed E-state index contributed by atoms with van der Waals surface area (Å²) in [4.78, 5) is 4.24. The van der Waals surface area contributed by atoms with E-state index >= 15 is 0 Å². The Morgan fingerprint density at radius 3 is 2.82 bits per heavy atom. The van der Waals surface area contributed by atoms with Crippen molar-refractivity contribution in [1.82, 2.24) is 4.98 Å². The summed E-state index contributed by atoms with van der Waals surface area (Å²) in [7, 11) is 0. The summed E-state index contributed by atoms with van der Waals surface area (Å²) in [5.74, 6) is 3.45. The molecular weight excluding hydrogens is 234 g/mol. The second-order valence-corrected chi connectivity index (χ2v) is 4.83. The van der Waals surface area contributed by atoms with E-state index in [2.05, 4.69) is 29.2 Å². The van der Waals surface area contributed by atoms with Crippen molar-refractivity contribution < 1.29 is 4.42 Å². The monoisotopic (exact) mass is 247 g/mol. The SMILES string of the molecule is ClCCc1ncc(C2CC2c2ccccc2)o1. The van der Waals surface area contributed by atoms with Crippen LogP contribution in [0.4, 0.5) is 0 Å². The van der Waals surface area contributed by atoms with Gasteiger partial charge in [-0.2, -0.15) is 0 Å². The van der Waals surface area contributed by atoms with Crippen LogP contribution in [-0.2, 0) is 6.42 Å². The highest BCUT2D eigenvalue weighted by molar-refractivity contribution is 6.17. The van der Waals surface area contributed by atoms with Crippen molar-refractivity contribution in [2.45, 2.75) is 24.7 Å². The summed E-state index contributed by atoms with van der Waals surface area (Å²) >= 11 is 5.67. The Balaban J connectivity index is 1.71. The van der Waals surface area contributed by atoms with Gasteiger partial charge in [-0.3, -0.25) is 0 Å². The summed E-state index contributed by atoms with van der Waals surface area (Å²) in [6.45, 7) is 0. The Bertz CT molecular complexity index is 494. The van der Waals surface area contributed by atoms with Gasteiger partial charge in [-0.05, 0) is 17.9 Å². The van der Waals surface area contributed by atoms with Crippen LogP contribution >= 0.6 is 11.6 Å². The zero-order valence-corrected chi connectivity index (χ0v) is 10.2. The van der Waals surface area contributed by atoms with E-state index in [9.17, 15) is 0 Å². The van der Waals surface area contributed by atoms with Crippen molar-refractivity contribution in [2.75, 3.05) is 5.88 Å². The summed E-state index contributed by atoms with van der Waals surface area (Å²) in [5, 5.41) is 0. The van der Waals surface area contributed by atoms with Crippen LogP contribution in [0, 0.1) is 0 Å². The molecule has 1 heterocycles. The molecule has 2 aromatic rings. The number of nitrogens with zero attached hydrogens (tertiary/aromatic N) is 1. The molecule has 0 spiro atoms. The molecule has 0 aliphatic heterocycles. The van der Waals surface area contributed by atoms with E-state index in [1.165, 1.54) is 12.0 Å². The summed E-state index contributed by atoms with van der Waals surface area (Å²) < 4.78 is 5.70. The average Bonchev–Trinajstić information content (AvgIpc) is 3.04. The Kier molecular flexibility index (Phi) is 2.89. The van der Waals surface area contributed by atoms with E-state index in [0.717, 1.165) is 11.7 Å². The maximum atomic E-state index is 5.70. The highest BCUT2D eigenvalue weighted by atomic mass is 35.5. The van der Waals surface area contributed by atoms with Crippen molar-refractivity contribution in [3.05, 3.63) is 53.7 Å². The van der Waals surface area contributed by atoms with Gasteiger partial charge in [-0.1, -0.05) is 30.3 Å². The van der Waals surface area contributed by atoms with Crippen molar-refractivity contribution in [2.24, 2.45) is 0 Å². The second kappa shape index (κ2) is 4.53. The molecule has 2 nitrogen and oxygen atoms in total. The van der Waals surface area contributed by atoms with E-state index in [4.69, 9.17) is 16.0 Å². The van der Waals surface area contributed by atoms with E-state index < -0.39 is 0 Å². The molecule has 3 rings (SSSR count). The minimum Gasteiger partial charge on any atom is -0.445 e. The molecule has 1 aliphatic rings. The van der Waals surface area contributed by atoms with Crippen LogP contribution in [0.1, 0.15) is 35.5 Å². The van der Waals surface area contributed by atoms with E-state index in [1.54, 1.807) is 0 Å². The predicted molar refractivity (Wildman–Crippen MR) is 67.5 cm³/mol. The number of rotatable bonds is 4. The number of halogens is 1. The molecule has 0 N–H and O–H groups in total.